The third-order valence-electron chi connectivity index (χ3n) is 3.84. The fourth-order valence-electron chi connectivity index (χ4n) is 1.98. The van der Waals surface area contributed by atoms with Gasteiger partial charge >= 0.3 is 0 Å². The quantitative estimate of drug-likeness (QED) is 0.753. The Balaban J connectivity index is 3.36. The zero-order chi connectivity index (χ0) is 14.8. The minimum absolute atomic E-state index is 0.198. The first kappa shape index (κ1) is 16.7. The molecule has 0 aliphatic heterocycles. The first-order chi connectivity index (χ1) is 8.65. The molecule has 0 aliphatic carbocycles. The Morgan fingerprint density at radius 3 is 2.21 bits per heavy atom. The number of rotatable bonds is 5. The van der Waals surface area contributed by atoms with Crippen LogP contribution >= 0.6 is 15.9 Å². The van der Waals surface area contributed by atoms with Gasteiger partial charge in [-0.1, -0.05) is 48.0 Å². The van der Waals surface area contributed by atoms with Crippen LogP contribution in [0.25, 0.3) is 0 Å². The van der Waals surface area contributed by atoms with E-state index in [4.69, 9.17) is 0 Å². The summed E-state index contributed by atoms with van der Waals surface area (Å²) in [6.45, 7) is 7.76. The van der Waals surface area contributed by atoms with Crippen LogP contribution in [-0.4, -0.2) is 19.4 Å². The maximum atomic E-state index is 12.0. The Labute approximate surface area is 125 Å². The van der Waals surface area contributed by atoms with Crippen molar-refractivity contribution < 1.29 is 8.42 Å². The van der Waals surface area contributed by atoms with Crippen molar-refractivity contribution in [3.63, 3.8) is 0 Å². The van der Waals surface area contributed by atoms with Gasteiger partial charge in [0.05, 0.1) is 9.57 Å². The molecular weight excluding hydrogens is 324 g/mol. The Kier molecular flexibility index (Phi) is 5.24. The van der Waals surface area contributed by atoms with Gasteiger partial charge in [-0.3, -0.25) is 0 Å². The van der Waals surface area contributed by atoms with Gasteiger partial charge in [-0.25, -0.2) is 8.42 Å². The zero-order valence-electron chi connectivity index (χ0n) is 12.3. The summed E-state index contributed by atoms with van der Waals surface area (Å²) in [5.41, 5.74) is 3.54. The Bertz CT molecular complexity index is 547. The van der Waals surface area contributed by atoms with E-state index in [0.29, 0.717) is 0 Å². The van der Waals surface area contributed by atoms with E-state index in [2.05, 4.69) is 48.0 Å². The lowest BCUT2D eigenvalue weighted by molar-refractivity contribution is 0.547. The summed E-state index contributed by atoms with van der Waals surface area (Å²) in [6, 6.07) is 6.36. The molecular formula is C15H23BrO2S. The second kappa shape index (κ2) is 5.96. The van der Waals surface area contributed by atoms with Crippen molar-refractivity contribution in [2.45, 2.75) is 50.1 Å². The molecule has 0 amide bonds. The third-order valence-corrected chi connectivity index (χ3v) is 7.93. The van der Waals surface area contributed by atoms with Crippen molar-refractivity contribution in [2.75, 3.05) is 6.26 Å². The molecule has 108 valence electrons. The summed E-state index contributed by atoms with van der Waals surface area (Å²) >= 11 is 3.62. The molecule has 1 aromatic carbocycles. The molecule has 1 unspecified atom stereocenters. The van der Waals surface area contributed by atoms with E-state index in [1.807, 2.05) is 0 Å². The van der Waals surface area contributed by atoms with Crippen LogP contribution in [-0.2, 0) is 22.7 Å². The van der Waals surface area contributed by atoms with Crippen molar-refractivity contribution >= 4 is 25.8 Å². The monoisotopic (exact) mass is 346 g/mol. The third kappa shape index (κ3) is 3.40. The number of aryl methyl sites for hydroxylation is 2. The van der Waals surface area contributed by atoms with Gasteiger partial charge in [0, 0.05) is 6.26 Å². The van der Waals surface area contributed by atoms with Gasteiger partial charge in [0.15, 0.2) is 9.84 Å². The molecule has 0 saturated carbocycles. The molecule has 0 radical (unpaired) electrons. The first-order valence-electron chi connectivity index (χ1n) is 6.60. The maximum Gasteiger partial charge on any atom is 0.154 e. The van der Waals surface area contributed by atoms with Crippen molar-refractivity contribution in [3.05, 3.63) is 34.9 Å². The lowest BCUT2D eigenvalue weighted by Gasteiger charge is -2.30. The summed E-state index contributed by atoms with van der Waals surface area (Å²) in [7, 11) is -3.14. The Morgan fingerprint density at radius 2 is 1.79 bits per heavy atom. The van der Waals surface area contributed by atoms with Crippen molar-refractivity contribution in [1.29, 1.82) is 0 Å². The van der Waals surface area contributed by atoms with Gasteiger partial charge in [0.25, 0.3) is 0 Å². The average Bonchev–Trinajstić information content (AvgIpc) is 2.35. The smallest absolute Gasteiger partial charge is 0.154 e. The molecule has 4 heteroatoms. The van der Waals surface area contributed by atoms with Gasteiger partial charge in [0.1, 0.15) is 0 Å². The van der Waals surface area contributed by atoms with Crippen molar-refractivity contribution in [2.24, 2.45) is 0 Å². The molecule has 19 heavy (non-hydrogen) atoms. The van der Waals surface area contributed by atoms with Crippen LogP contribution in [0.15, 0.2) is 18.2 Å². The molecule has 0 aromatic heterocycles. The number of hydrogen-bond acceptors (Lipinski definition) is 2. The van der Waals surface area contributed by atoms with Crippen LogP contribution in [0.5, 0.6) is 0 Å². The highest BCUT2D eigenvalue weighted by Gasteiger charge is 2.39. The molecule has 0 aliphatic rings. The van der Waals surface area contributed by atoms with Crippen LogP contribution in [0.1, 0.15) is 49.2 Å². The Hall–Kier alpha value is -0.350. The summed E-state index contributed by atoms with van der Waals surface area (Å²) < 4.78 is 23.2. The van der Waals surface area contributed by atoms with E-state index in [0.717, 1.165) is 18.4 Å². The molecule has 0 spiro atoms. The van der Waals surface area contributed by atoms with E-state index in [1.54, 1.807) is 13.8 Å². The number of halogens is 1. The Morgan fingerprint density at radius 1 is 1.21 bits per heavy atom. The van der Waals surface area contributed by atoms with Gasteiger partial charge in [-0.05, 0) is 43.4 Å². The lowest BCUT2D eigenvalue weighted by atomic mass is 9.93. The van der Waals surface area contributed by atoms with Gasteiger partial charge in [-0.15, -0.1) is 0 Å². The van der Waals surface area contributed by atoms with Crippen LogP contribution in [0.4, 0.5) is 0 Å². The van der Waals surface area contributed by atoms with E-state index in [-0.39, 0.29) is 4.83 Å². The van der Waals surface area contributed by atoms with E-state index in [1.165, 1.54) is 17.4 Å². The molecule has 0 saturated heterocycles. The standard InChI is InChI=1S/C15H23BrO2S/c1-6-11-8-9-12(7-2)13(10-11)14(16)15(3,4)19(5,17)18/h8-10,14H,6-7H2,1-5H3. The predicted octanol–water partition coefficient (Wildman–Crippen LogP) is 4.07. The molecule has 0 heterocycles. The second-order valence-corrected chi connectivity index (χ2v) is 8.99. The molecule has 1 atom stereocenters. The minimum atomic E-state index is -3.14. The normalized spacial score (nSPS) is 14.4. The predicted molar refractivity (Wildman–Crippen MR) is 85.8 cm³/mol. The fourth-order valence-corrected chi connectivity index (χ4v) is 3.93. The maximum absolute atomic E-state index is 12.0. The summed E-state index contributed by atoms with van der Waals surface area (Å²) in [5.74, 6) is 0. The molecule has 0 bridgehead atoms. The number of hydrogen-bond donors (Lipinski definition) is 0. The highest BCUT2D eigenvalue weighted by molar-refractivity contribution is 9.09. The first-order valence-corrected chi connectivity index (χ1v) is 9.41. The van der Waals surface area contributed by atoms with E-state index < -0.39 is 14.6 Å². The minimum Gasteiger partial charge on any atom is -0.229 e. The molecule has 1 aromatic rings. The lowest BCUT2D eigenvalue weighted by Crippen LogP contribution is -2.35. The van der Waals surface area contributed by atoms with Crippen LogP contribution in [0, 0.1) is 0 Å². The summed E-state index contributed by atoms with van der Waals surface area (Å²) in [6.07, 6.45) is 3.16. The van der Waals surface area contributed by atoms with Crippen molar-refractivity contribution in [1.82, 2.24) is 0 Å². The molecule has 2 nitrogen and oxygen atoms in total. The van der Waals surface area contributed by atoms with Gasteiger partial charge in [-0.2, -0.15) is 0 Å². The van der Waals surface area contributed by atoms with Gasteiger partial charge in [0.2, 0.25) is 0 Å². The molecule has 0 N–H and O–H groups in total. The highest BCUT2D eigenvalue weighted by atomic mass is 79.9. The topological polar surface area (TPSA) is 34.1 Å². The summed E-state index contributed by atoms with van der Waals surface area (Å²) in [5, 5.41) is 0. The van der Waals surface area contributed by atoms with Crippen LogP contribution in [0.2, 0.25) is 0 Å². The largest absolute Gasteiger partial charge is 0.229 e. The fraction of sp³-hybridized carbons (Fsp3) is 0.600. The second-order valence-electron chi connectivity index (χ2n) is 5.48. The number of alkyl halides is 1. The van der Waals surface area contributed by atoms with Crippen LogP contribution < -0.4 is 0 Å². The van der Waals surface area contributed by atoms with E-state index in [9.17, 15) is 8.42 Å². The van der Waals surface area contributed by atoms with Gasteiger partial charge < -0.3 is 0 Å². The SMILES string of the molecule is CCc1ccc(CC)c(C(Br)C(C)(C)S(C)(=O)=O)c1. The van der Waals surface area contributed by atoms with Crippen molar-refractivity contribution in [3.8, 4) is 0 Å². The zero-order valence-corrected chi connectivity index (χ0v) is 14.7. The number of sulfone groups is 1. The van der Waals surface area contributed by atoms with E-state index >= 15 is 0 Å². The molecule has 0 fully saturated rings. The highest BCUT2D eigenvalue weighted by Crippen LogP contribution is 2.41. The average molecular weight is 347 g/mol. The summed E-state index contributed by atoms with van der Waals surface area (Å²) in [4.78, 5) is -0.198. The molecule has 1 rings (SSSR count). The number of benzene rings is 1. The van der Waals surface area contributed by atoms with Crippen LogP contribution in [0.3, 0.4) is 0 Å².